The SMILES string of the molecule is NC(=O)C1CC=CCC1Nc1c(Cl)cnc2nc(C3CCCNC3)[nH]c12. The Kier molecular flexibility index (Phi) is 4.82. The van der Waals surface area contributed by atoms with Gasteiger partial charge >= 0.3 is 0 Å². The lowest BCUT2D eigenvalue weighted by Crippen LogP contribution is -2.39. The molecule has 7 nitrogen and oxygen atoms in total. The zero-order chi connectivity index (χ0) is 18.1. The lowest BCUT2D eigenvalue weighted by molar-refractivity contribution is -0.122. The number of hydrogen-bond donors (Lipinski definition) is 4. The first kappa shape index (κ1) is 17.3. The first-order valence-corrected chi connectivity index (χ1v) is 9.47. The standard InChI is InChI=1S/C18H23ClN6O/c19-12-9-22-18-15(24-17(25-18)10-4-3-7-21-8-10)14(12)23-13-6-2-1-5-11(13)16(20)26/h1-2,9-11,13,21H,3-8H2,(H2,20,26)(H2,22,23,24,25). The zero-order valence-electron chi connectivity index (χ0n) is 14.5. The number of aromatic nitrogens is 3. The van der Waals surface area contributed by atoms with E-state index < -0.39 is 0 Å². The highest BCUT2D eigenvalue weighted by molar-refractivity contribution is 6.34. The van der Waals surface area contributed by atoms with Crippen molar-refractivity contribution in [1.82, 2.24) is 20.3 Å². The van der Waals surface area contributed by atoms with E-state index in [-0.39, 0.29) is 17.9 Å². The minimum atomic E-state index is -0.299. The van der Waals surface area contributed by atoms with Crippen molar-refractivity contribution >= 4 is 34.4 Å². The Hall–Kier alpha value is -2.12. The summed E-state index contributed by atoms with van der Waals surface area (Å²) in [6.07, 6.45) is 9.27. The Labute approximate surface area is 156 Å². The number of aromatic amines is 1. The molecule has 1 aliphatic carbocycles. The van der Waals surface area contributed by atoms with Gasteiger partial charge in [-0.25, -0.2) is 9.97 Å². The summed E-state index contributed by atoms with van der Waals surface area (Å²) in [6, 6.07) is -0.0938. The Balaban J connectivity index is 1.67. The van der Waals surface area contributed by atoms with E-state index in [0.717, 1.165) is 49.4 Å². The fourth-order valence-corrected chi connectivity index (χ4v) is 4.04. The first-order valence-electron chi connectivity index (χ1n) is 9.09. The molecule has 4 rings (SSSR count). The molecule has 0 radical (unpaired) electrons. The molecule has 26 heavy (non-hydrogen) atoms. The predicted octanol–water partition coefficient (Wildman–Crippen LogP) is 2.31. The zero-order valence-corrected chi connectivity index (χ0v) is 15.2. The van der Waals surface area contributed by atoms with Gasteiger partial charge in [-0.1, -0.05) is 23.8 Å². The van der Waals surface area contributed by atoms with E-state index in [1.165, 1.54) is 0 Å². The third-order valence-corrected chi connectivity index (χ3v) is 5.59. The summed E-state index contributed by atoms with van der Waals surface area (Å²) >= 11 is 6.43. The van der Waals surface area contributed by atoms with Crippen molar-refractivity contribution < 1.29 is 4.79 Å². The number of H-pyrrole nitrogens is 1. The number of carbonyl (C=O) groups is 1. The number of pyridine rings is 1. The second-order valence-electron chi connectivity index (χ2n) is 7.05. The van der Waals surface area contributed by atoms with Crippen LogP contribution < -0.4 is 16.4 Å². The van der Waals surface area contributed by atoms with Gasteiger partial charge in [-0.2, -0.15) is 0 Å². The summed E-state index contributed by atoms with van der Waals surface area (Å²) in [5.41, 5.74) is 7.75. The van der Waals surface area contributed by atoms with Crippen LogP contribution in [0.3, 0.4) is 0 Å². The number of primary amides is 1. The number of allylic oxidation sites excluding steroid dienone is 1. The second kappa shape index (κ2) is 7.25. The molecule has 3 atom stereocenters. The van der Waals surface area contributed by atoms with Gasteiger partial charge in [-0.05, 0) is 32.2 Å². The van der Waals surface area contributed by atoms with Crippen molar-refractivity contribution in [3.8, 4) is 0 Å². The monoisotopic (exact) mass is 374 g/mol. The molecule has 2 aliphatic rings. The van der Waals surface area contributed by atoms with Gasteiger partial charge in [-0.15, -0.1) is 0 Å². The summed E-state index contributed by atoms with van der Waals surface area (Å²) < 4.78 is 0. The summed E-state index contributed by atoms with van der Waals surface area (Å²) in [5.74, 6) is 0.719. The third kappa shape index (κ3) is 3.29. The average Bonchev–Trinajstić information content (AvgIpc) is 3.10. The van der Waals surface area contributed by atoms with E-state index in [0.29, 0.717) is 23.0 Å². The van der Waals surface area contributed by atoms with Crippen LogP contribution in [-0.2, 0) is 4.79 Å². The van der Waals surface area contributed by atoms with Crippen molar-refractivity contribution in [2.24, 2.45) is 11.7 Å². The molecule has 2 aromatic rings. The van der Waals surface area contributed by atoms with Crippen LogP contribution >= 0.6 is 11.6 Å². The van der Waals surface area contributed by atoms with Crippen molar-refractivity contribution in [3.63, 3.8) is 0 Å². The van der Waals surface area contributed by atoms with Gasteiger partial charge in [0.05, 0.1) is 22.8 Å². The summed E-state index contributed by atoms with van der Waals surface area (Å²) in [7, 11) is 0. The number of amides is 1. The number of fused-ring (bicyclic) bond motifs is 1. The lowest BCUT2D eigenvalue weighted by atomic mass is 9.88. The second-order valence-corrected chi connectivity index (χ2v) is 7.45. The summed E-state index contributed by atoms with van der Waals surface area (Å²) in [5, 5.41) is 7.34. The minimum Gasteiger partial charge on any atom is -0.378 e. The Bertz CT molecular complexity index is 842. The molecule has 3 unspecified atom stereocenters. The number of rotatable bonds is 4. The molecule has 0 spiro atoms. The molecule has 138 valence electrons. The van der Waals surface area contributed by atoms with Crippen LogP contribution in [0.5, 0.6) is 0 Å². The van der Waals surface area contributed by atoms with Gasteiger partial charge in [0.15, 0.2) is 5.65 Å². The predicted molar refractivity (Wildman–Crippen MR) is 102 cm³/mol. The molecular formula is C18H23ClN6O. The van der Waals surface area contributed by atoms with Gasteiger partial charge in [-0.3, -0.25) is 4.79 Å². The molecule has 2 aromatic heterocycles. The van der Waals surface area contributed by atoms with Gasteiger partial charge in [0, 0.05) is 18.5 Å². The van der Waals surface area contributed by atoms with Gasteiger partial charge in [0.25, 0.3) is 0 Å². The van der Waals surface area contributed by atoms with E-state index in [9.17, 15) is 4.79 Å². The number of nitrogens with zero attached hydrogens (tertiary/aromatic N) is 2. The average molecular weight is 375 g/mol. The Morgan fingerprint density at radius 2 is 2.19 bits per heavy atom. The molecular weight excluding hydrogens is 352 g/mol. The van der Waals surface area contributed by atoms with Crippen LogP contribution in [-0.4, -0.2) is 40.0 Å². The van der Waals surface area contributed by atoms with E-state index in [1.807, 2.05) is 6.08 Å². The molecule has 3 heterocycles. The van der Waals surface area contributed by atoms with E-state index >= 15 is 0 Å². The molecule has 5 N–H and O–H groups in total. The highest BCUT2D eigenvalue weighted by Gasteiger charge is 2.29. The molecule has 0 aromatic carbocycles. The fraction of sp³-hybridized carbons (Fsp3) is 0.500. The maximum Gasteiger partial charge on any atom is 0.222 e. The number of halogens is 1. The largest absolute Gasteiger partial charge is 0.378 e. The van der Waals surface area contributed by atoms with Crippen LogP contribution in [0.15, 0.2) is 18.3 Å². The number of imidazole rings is 1. The maximum atomic E-state index is 11.8. The highest BCUT2D eigenvalue weighted by atomic mass is 35.5. The maximum absolute atomic E-state index is 11.8. The van der Waals surface area contributed by atoms with Crippen molar-refractivity contribution in [3.05, 3.63) is 29.2 Å². The number of hydrogen-bond acceptors (Lipinski definition) is 5. The number of carbonyl (C=O) groups excluding carboxylic acids is 1. The molecule has 1 fully saturated rings. The molecule has 0 bridgehead atoms. The van der Waals surface area contributed by atoms with Crippen LogP contribution in [0.2, 0.25) is 5.02 Å². The lowest BCUT2D eigenvalue weighted by Gasteiger charge is -2.28. The van der Waals surface area contributed by atoms with Crippen molar-refractivity contribution in [2.75, 3.05) is 18.4 Å². The van der Waals surface area contributed by atoms with Gasteiger partial charge in [0.1, 0.15) is 11.3 Å². The summed E-state index contributed by atoms with van der Waals surface area (Å²) in [4.78, 5) is 24.2. The van der Waals surface area contributed by atoms with Gasteiger partial charge < -0.3 is 21.4 Å². The van der Waals surface area contributed by atoms with Crippen LogP contribution in [0.25, 0.3) is 11.2 Å². The fourth-order valence-electron chi connectivity index (χ4n) is 3.84. The normalized spacial score (nSPS) is 26.1. The topological polar surface area (TPSA) is 109 Å². The molecule has 1 aliphatic heterocycles. The third-order valence-electron chi connectivity index (χ3n) is 5.30. The quantitative estimate of drug-likeness (QED) is 0.614. The van der Waals surface area contributed by atoms with E-state index in [2.05, 4.69) is 31.7 Å². The molecule has 8 heteroatoms. The van der Waals surface area contributed by atoms with Crippen LogP contribution in [0.1, 0.15) is 37.4 Å². The molecule has 0 saturated carbocycles. The Morgan fingerprint density at radius 1 is 1.35 bits per heavy atom. The number of nitrogens with one attached hydrogen (secondary N) is 3. The molecule has 1 amide bonds. The first-order chi connectivity index (χ1) is 12.6. The number of piperidine rings is 1. The highest BCUT2D eigenvalue weighted by Crippen LogP contribution is 2.33. The van der Waals surface area contributed by atoms with E-state index in [4.69, 9.17) is 17.3 Å². The Morgan fingerprint density at radius 3 is 2.96 bits per heavy atom. The van der Waals surface area contributed by atoms with Crippen LogP contribution in [0.4, 0.5) is 5.69 Å². The van der Waals surface area contributed by atoms with E-state index in [1.54, 1.807) is 6.20 Å². The number of nitrogens with two attached hydrogens (primary N) is 1. The minimum absolute atomic E-state index is 0.0938. The summed E-state index contributed by atoms with van der Waals surface area (Å²) in [6.45, 7) is 1.96. The van der Waals surface area contributed by atoms with Crippen LogP contribution in [0, 0.1) is 5.92 Å². The van der Waals surface area contributed by atoms with Gasteiger partial charge in [0.2, 0.25) is 5.91 Å². The smallest absolute Gasteiger partial charge is 0.222 e. The van der Waals surface area contributed by atoms with Crippen molar-refractivity contribution in [2.45, 2.75) is 37.6 Å². The number of anilines is 1. The molecule has 1 saturated heterocycles. The van der Waals surface area contributed by atoms with Crippen molar-refractivity contribution in [1.29, 1.82) is 0 Å².